The molecular weight excluding hydrogens is 356 g/mol. The van der Waals surface area contributed by atoms with Crippen molar-refractivity contribution in [2.75, 3.05) is 40.3 Å². The van der Waals surface area contributed by atoms with Crippen molar-refractivity contribution < 1.29 is 5.48 Å². The number of piperidine rings is 1. The third-order valence-electron chi connectivity index (χ3n) is 6.14. The summed E-state index contributed by atoms with van der Waals surface area (Å²) < 4.78 is 0. The second kappa shape index (κ2) is 9.70. The summed E-state index contributed by atoms with van der Waals surface area (Å²) in [4.78, 5) is 5.01. The van der Waals surface area contributed by atoms with Crippen LogP contribution in [0.3, 0.4) is 0 Å². The fourth-order valence-corrected chi connectivity index (χ4v) is 5.04. The van der Waals surface area contributed by atoms with Crippen LogP contribution >= 0.6 is 12.4 Å². The Labute approximate surface area is 170 Å². The molecule has 0 aromatic heterocycles. The molecule has 1 fully saturated rings. The Bertz CT molecular complexity index is 707. The quantitative estimate of drug-likeness (QED) is 0.781. The van der Waals surface area contributed by atoms with Crippen LogP contribution in [0.4, 0.5) is 0 Å². The SMILES string of the molecule is CN(C)CCCN1CC[C@H]2c3ccccc3[C@H](c3ccccc3)[C@H]2C1.Cl.O. The van der Waals surface area contributed by atoms with Crippen LogP contribution < -0.4 is 0 Å². The molecule has 0 radical (unpaired) electrons. The smallest absolute Gasteiger partial charge is 0.0138 e. The Morgan fingerprint density at radius 1 is 0.963 bits per heavy atom. The maximum Gasteiger partial charge on any atom is 0.0138 e. The van der Waals surface area contributed by atoms with E-state index < -0.39 is 0 Å². The van der Waals surface area contributed by atoms with Crippen LogP contribution in [0.5, 0.6) is 0 Å². The van der Waals surface area contributed by atoms with Gasteiger partial charge in [0, 0.05) is 12.5 Å². The van der Waals surface area contributed by atoms with Crippen molar-refractivity contribution in [3.8, 4) is 0 Å². The van der Waals surface area contributed by atoms with E-state index in [1.54, 1.807) is 11.1 Å². The number of nitrogens with zero attached hydrogens (tertiary/aromatic N) is 2. The number of hydrogen-bond donors (Lipinski definition) is 0. The lowest BCUT2D eigenvalue weighted by Crippen LogP contribution is -2.40. The number of likely N-dealkylation sites (tertiary alicyclic amines) is 1. The molecule has 2 aromatic rings. The molecule has 4 heteroatoms. The van der Waals surface area contributed by atoms with Gasteiger partial charge in [-0.2, -0.15) is 0 Å². The van der Waals surface area contributed by atoms with E-state index in [2.05, 4.69) is 78.5 Å². The van der Waals surface area contributed by atoms with Gasteiger partial charge in [0.25, 0.3) is 0 Å². The van der Waals surface area contributed by atoms with Gasteiger partial charge in [-0.25, -0.2) is 0 Å². The predicted octanol–water partition coefficient (Wildman–Crippen LogP) is 3.79. The van der Waals surface area contributed by atoms with Crippen LogP contribution in [0.2, 0.25) is 0 Å². The van der Waals surface area contributed by atoms with Gasteiger partial charge < -0.3 is 15.3 Å². The maximum absolute atomic E-state index is 2.71. The molecule has 0 unspecified atom stereocenters. The van der Waals surface area contributed by atoms with Gasteiger partial charge in [0.05, 0.1) is 0 Å². The molecule has 27 heavy (non-hydrogen) atoms. The molecule has 0 saturated carbocycles. The van der Waals surface area contributed by atoms with Gasteiger partial charge in [0.2, 0.25) is 0 Å². The first-order valence-corrected chi connectivity index (χ1v) is 9.75. The standard InChI is InChI=1S/C23H30N2.ClH.H2O/c1-24(2)14-8-15-25-16-13-20-19-11-6-7-12-21(19)23(22(20)17-25)18-9-4-3-5-10-18;;/h3-7,9-12,20,22-23H,8,13-17H2,1-2H3;1H;1H2/t20-,22-,23-;;/m0../s1. The first kappa shape index (κ1) is 21.9. The van der Waals surface area contributed by atoms with Crippen LogP contribution in [-0.2, 0) is 0 Å². The Hall–Kier alpha value is -1.39. The molecule has 2 aliphatic rings. The minimum atomic E-state index is 0. The molecule has 0 amide bonds. The second-order valence-electron chi connectivity index (χ2n) is 8.03. The van der Waals surface area contributed by atoms with E-state index in [1.165, 1.54) is 44.6 Å². The first-order chi connectivity index (χ1) is 12.2. The van der Waals surface area contributed by atoms with Crippen LogP contribution in [0, 0.1) is 5.92 Å². The second-order valence-corrected chi connectivity index (χ2v) is 8.03. The van der Waals surface area contributed by atoms with Crippen molar-refractivity contribution in [1.82, 2.24) is 9.80 Å². The van der Waals surface area contributed by atoms with Crippen molar-refractivity contribution >= 4 is 12.4 Å². The lowest BCUT2D eigenvalue weighted by Gasteiger charge is -2.38. The number of rotatable bonds is 5. The zero-order chi connectivity index (χ0) is 17.2. The first-order valence-electron chi connectivity index (χ1n) is 9.75. The van der Waals surface area contributed by atoms with E-state index in [4.69, 9.17) is 0 Å². The monoisotopic (exact) mass is 388 g/mol. The van der Waals surface area contributed by atoms with Crippen molar-refractivity contribution in [1.29, 1.82) is 0 Å². The summed E-state index contributed by atoms with van der Waals surface area (Å²) in [5, 5.41) is 0. The molecule has 0 bridgehead atoms. The van der Waals surface area contributed by atoms with Crippen LogP contribution in [0.25, 0.3) is 0 Å². The highest BCUT2D eigenvalue weighted by Crippen LogP contribution is 2.52. The summed E-state index contributed by atoms with van der Waals surface area (Å²) in [5.74, 6) is 2.04. The Kier molecular flexibility index (Phi) is 7.87. The molecule has 3 nitrogen and oxygen atoms in total. The molecule has 1 aliphatic carbocycles. The van der Waals surface area contributed by atoms with Crippen molar-refractivity contribution in [3.05, 3.63) is 71.3 Å². The summed E-state index contributed by atoms with van der Waals surface area (Å²) in [6.45, 7) is 4.92. The van der Waals surface area contributed by atoms with Gasteiger partial charge in [-0.15, -0.1) is 12.4 Å². The van der Waals surface area contributed by atoms with Gasteiger partial charge in [0.1, 0.15) is 0 Å². The summed E-state index contributed by atoms with van der Waals surface area (Å²) >= 11 is 0. The highest BCUT2D eigenvalue weighted by atomic mass is 35.5. The Balaban J connectivity index is 0.00000131. The molecule has 0 spiro atoms. The van der Waals surface area contributed by atoms with Gasteiger partial charge >= 0.3 is 0 Å². The van der Waals surface area contributed by atoms with Gasteiger partial charge in [0.15, 0.2) is 0 Å². The van der Waals surface area contributed by atoms with E-state index in [0.717, 1.165) is 11.8 Å². The number of hydrogen-bond acceptors (Lipinski definition) is 2. The van der Waals surface area contributed by atoms with Crippen molar-refractivity contribution in [2.45, 2.75) is 24.7 Å². The highest BCUT2D eigenvalue weighted by molar-refractivity contribution is 5.85. The average molecular weight is 389 g/mol. The molecule has 1 heterocycles. The molecule has 1 saturated heterocycles. The number of benzene rings is 2. The maximum atomic E-state index is 2.71. The molecule has 3 atom stereocenters. The van der Waals surface area contributed by atoms with Gasteiger partial charge in [-0.1, -0.05) is 54.6 Å². The minimum absolute atomic E-state index is 0. The summed E-state index contributed by atoms with van der Waals surface area (Å²) in [7, 11) is 4.34. The van der Waals surface area contributed by atoms with E-state index in [9.17, 15) is 0 Å². The third kappa shape index (κ3) is 4.55. The van der Waals surface area contributed by atoms with Gasteiger partial charge in [-0.3, -0.25) is 0 Å². The lowest BCUT2D eigenvalue weighted by atomic mass is 9.79. The zero-order valence-corrected chi connectivity index (χ0v) is 17.3. The van der Waals surface area contributed by atoms with Crippen molar-refractivity contribution in [3.63, 3.8) is 0 Å². The summed E-state index contributed by atoms with van der Waals surface area (Å²) in [6, 6.07) is 20.4. The van der Waals surface area contributed by atoms with E-state index in [0.29, 0.717) is 5.92 Å². The molecule has 148 valence electrons. The van der Waals surface area contributed by atoms with Crippen LogP contribution in [0.1, 0.15) is 41.4 Å². The summed E-state index contributed by atoms with van der Waals surface area (Å²) in [5.41, 5.74) is 4.70. The highest BCUT2D eigenvalue weighted by Gasteiger charge is 2.43. The normalized spacial score (nSPS) is 23.9. The molecule has 4 rings (SSSR count). The third-order valence-corrected chi connectivity index (χ3v) is 6.14. The number of fused-ring (bicyclic) bond motifs is 3. The molecular formula is C23H33ClN2O. The fourth-order valence-electron chi connectivity index (χ4n) is 5.04. The molecule has 2 aromatic carbocycles. The van der Waals surface area contributed by atoms with Gasteiger partial charge in [-0.05, 0) is 75.1 Å². The summed E-state index contributed by atoms with van der Waals surface area (Å²) in [6.07, 6.45) is 2.58. The predicted molar refractivity (Wildman–Crippen MR) is 116 cm³/mol. The molecule has 2 N–H and O–H groups in total. The molecule has 1 aliphatic heterocycles. The van der Waals surface area contributed by atoms with E-state index >= 15 is 0 Å². The Morgan fingerprint density at radius 2 is 1.63 bits per heavy atom. The van der Waals surface area contributed by atoms with Crippen LogP contribution in [-0.4, -0.2) is 55.6 Å². The van der Waals surface area contributed by atoms with Crippen LogP contribution in [0.15, 0.2) is 54.6 Å². The topological polar surface area (TPSA) is 38.0 Å². The van der Waals surface area contributed by atoms with E-state index in [-0.39, 0.29) is 17.9 Å². The van der Waals surface area contributed by atoms with E-state index in [1.807, 2.05) is 0 Å². The number of halogens is 1. The largest absolute Gasteiger partial charge is 0.412 e. The zero-order valence-electron chi connectivity index (χ0n) is 16.5. The van der Waals surface area contributed by atoms with Crippen molar-refractivity contribution in [2.24, 2.45) is 5.92 Å². The Morgan fingerprint density at radius 3 is 2.33 bits per heavy atom. The fraction of sp³-hybridized carbons (Fsp3) is 0.478. The minimum Gasteiger partial charge on any atom is -0.412 e. The lowest BCUT2D eigenvalue weighted by molar-refractivity contribution is 0.149. The average Bonchev–Trinajstić information content (AvgIpc) is 2.96.